The third-order valence-electron chi connectivity index (χ3n) is 4.09. The highest BCUT2D eigenvalue weighted by Crippen LogP contribution is 2.11. The quantitative estimate of drug-likeness (QED) is 0.409. The molecular weight excluding hydrogens is 370 g/mol. The number of rotatable bonds is 12. The number of carbonyl (C=O) groups is 2. The Balaban J connectivity index is 2.79. The van der Waals surface area contributed by atoms with Crippen LogP contribution >= 0.6 is 0 Å². The van der Waals surface area contributed by atoms with E-state index in [1.165, 1.54) is 13.1 Å². The molecular formula is C20H33N7O2. The van der Waals surface area contributed by atoms with E-state index in [0.717, 1.165) is 25.7 Å². The van der Waals surface area contributed by atoms with Gasteiger partial charge >= 0.3 is 6.03 Å². The van der Waals surface area contributed by atoms with E-state index < -0.39 is 0 Å². The second kappa shape index (κ2) is 13.3. The summed E-state index contributed by atoms with van der Waals surface area (Å²) in [5.74, 6) is 0.778. The van der Waals surface area contributed by atoms with Crippen molar-refractivity contribution in [2.45, 2.75) is 53.4 Å². The highest BCUT2D eigenvalue weighted by Gasteiger charge is 2.18. The zero-order chi connectivity index (χ0) is 21.6. The molecule has 9 heteroatoms. The molecule has 0 atom stereocenters. The minimum absolute atomic E-state index is 0.0449. The van der Waals surface area contributed by atoms with Crippen molar-refractivity contribution in [2.24, 2.45) is 5.92 Å². The molecule has 3 amide bonds. The van der Waals surface area contributed by atoms with E-state index in [4.69, 9.17) is 5.26 Å². The maximum atomic E-state index is 12.9. The van der Waals surface area contributed by atoms with E-state index in [1.54, 1.807) is 16.0 Å². The van der Waals surface area contributed by atoms with Crippen molar-refractivity contribution >= 4 is 17.8 Å². The Hall–Kier alpha value is -2.89. The maximum Gasteiger partial charge on any atom is 0.336 e. The minimum atomic E-state index is -0.198. The number of hydrazine groups is 1. The Morgan fingerprint density at radius 2 is 1.97 bits per heavy atom. The van der Waals surface area contributed by atoms with Gasteiger partial charge in [-0.05, 0) is 25.2 Å². The van der Waals surface area contributed by atoms with Crippen LogP contribution in [-0.2, 0) is 4.79 Å². The number of nitriles is 1. The number of carbonyl (C=O) groups excluding carboxylic acids is 2. The SMILES string of the molecule is CCCCN(CCCCNC(C)=O)C(=O)NN(CC(C)C)c1ccnc(C#N)n1. The summed E-state index contributed by atoms with van der Waals surface area (Å²) in [6.45, 7) is 10.1. The lowest BCUT2D eigenvalue weighted by atomic mass is 10.2. The zero-order valence-corrected chi connectivity index (χ0v) is 17.9. The monoisotopic (exact) mass is 403 g/mol. The van der Waals surface area contributed by atoms with Crippen LogP contribution in [0.25, 0.3) is 0 Å². The first-order chi connectivity index (χ1) is 13.9. The van der Waals surface area contributed by atoms with E-state index in [2.05, 4.69) is 27.6 Å². The first-order valence-corrected chi connectivity index (χ1v) is 10.2. The molecule has 0 aliphatic carbocycles. The Bertz CT molecular complexity index is 688. The summed E-state index contributed by atoms with van der Waals surface area (Å²) in [7, 11) is 0. The molecule has 1 heterocycles. The fourth-order valence-electron chi connectivity index (χ4n) is 2.66. The molecule has 0 radical (unpaired) electrons. The smallest absolute Gasteiger partial charge is 0.336 e. The number of urea groups is 1. The second-order valence-corrected chi connectivity index (χ2v) is 7.30. The summed E-state index contributed by atoms with van der Waals surface area (Å²) in [4.78, 5) is 33.8. The van der Waals surface area contributed by atoms with Gasteiger partial charge in [0.05, 0.1) is 0 Å². The lowest BCUT2D eigenvalue weighted by Gasteiger charge is -2.30. The second-order valence-electron chi connectivity index (χ2n) is 7.30. The number of nitrogens with zero attached hydrogens (tertiary/aromatic N) is 5. The predicted molar refractivity (Wildman–Crippen MR) is 112 cm³/mol. The molecule has 0 saturated carbocycles. The van der Waals surface area contributed by atoms with Gasteiger partial charge < -0.3 is 10.2 Å². The van der Waals surface area contributed by atoms with Gasteiger partial charge in [-0.25, -0.2) is 15.2 Å². The molecule has 1 aromatic heterocycles. The van der Waals surface area contributed by atoms with Crippen LogP contribution in [0, 0.1) is 17.2 Å². The third kappa shape index (κ3) is 9.74. The largest absolute Gasteiger partial charge is 0.356 e. The Morgan fingerprint density at radius 1 is 1.24 bits per heavy atom. The van der Waals surface area contributed by atoms with E-state index in [9.17, 15) is 9.59 Å². The van der Waals surface area contributed by atoms with Crippen molar-refractivity contribution in [3.05, 3.63) is 18.1 Å². The summed E-state index contributed by atoms with van der Waals surface area (Å²) in [6, 6.07) is 3.40. The topological polar surface area (TPSA) is 114 Å². The number of nitrogens with one attached hydrogen (secondary N) is 2. The van der Waals surface area contributed by atoms with Crippen molar-refractivity contribution in [2.75, 3.05) is 31.2 Å². The standard InChI is InChI=1S/C20H33N7O2/c1-5-6-12-26(13-8-7-10-22-17(4)28)20(29)25-27(15-16(2)3)19-9-11-23-18(14-21)24-19/h9,11,16H,5-8,10,12-13,15H2,1-4H3,(H,22,28)(H,25,29). The zero-order valence-electron chi connectivity index (χ0n) is 17.9. The molecule has 9 nitrogen and oxygen atoms in total. The van der Waals surface area contributed by atoms with Crippen molar-refractivity contribution in [3.8, 4) is 6.07 Å². The van der Waals surface area contributed by atoms with E-state index in [1.807, 2.05) is 19.9 Å². The lowest BCUT2D eigenvalue weighted by molar-refractivity contribution is -0.118. The van der Waals surface area contributed by atoms with Crippen LogP contribution in [0.1, 0.15) is 59.2 Å². The average molecular weight is 404 g/mol. The summed E-state index contributed by atoms with van der Waals surface area (Å²) < 4.78 is 0. The Morgan fingerprint density at radius 3 is 2.59 bits per heavy atom. The molecule has 1 aromatic rings. The van der Waals surface area contributed by atoms with Crippen molar-refractivity contribution in [1.29, 1.82) is 5.26 Å². The molecule has 0 spiro atoms. The number of hydrogen-bond acceptors (Lipinski definition) is 6. The Labute approximate surface area is 173 Å². The minimum Gasteiger partial charge on any atom is -0.356 e. The normalized spacial score (nSPS) is 10.3. The molecule has 0 saturated heterocycles. The van der Waals surface area contributed by atoms with E-state index in [0.29, 0.717) is 32.0 Å². The van der Waals surface area contributed by atoms with Gasteiger partial charge in [0.15, 0.2) is 5.82 Å². The van der Waals surface area contributed by atoms with Crippen LogP contribution < -0.4 is 15.8 Å². The number of hydrogen-bond donors (Lipinski definition) is 2. The van der Waals surface area contributed by atoms with Gasteiger partial charge in [-0.15, -0.1) is 0 Å². The maximum absolute atomic E-state index is 12.9. The molecule has 0 aliphatic rings. The summed E-state index contributed by atoms with van der Waals surface area (Å²) >= 11 is 0. The molecule has 0 fully saturated rings. The van der Waals surface area contributed by atoms with Crippen molar-refractivity contribution in [3.63, 3.8) is 0 Å². The summed E-state index contributed by atoms with van der Waals surface area (Å²) in [5.41, 5.74) is 2.93. The predicted octanol–water partition coefficient (Wildman–Crippen LogP) is 2.45. The van der Waals surface area contributed by atoms with Gasteiger partial charge in [-0.2, -0.15) is 10.2 Å². The first-order valence-electron chi connectivity index (χ1n) is 10.2. The number of unbranched alkanes of at least 4 members (excludes halogenated alkanes) is 2. The molecule has 0 bridgehead atoms. The number of aromatic nitrogens is 2. The van der Waals surface area contributed by atoms with Gasteiger partial charge in [0.1, 0.15) is 6.07 Å². The van der Waals surface area contributed by atoms with Crippen LogP contribution in [0.4, 0.5) is 10.6 Å². The highest BCUT2D eigenvalue weighted by molar-refractivity contribution is 5.76. The van der Waals surface area contributed by atoms with Crippen LogP contribution in [0.5, 0.6) is 0 Å². The van der Waals surface area contributed by atoms with Crippen LogP contribution in [-0.4, -0.2) is 53.0 Å². The summed E-state index contributed by atoms with van der Waals surface area (Å²) in [6.07, 6.45) is 5.02. The molecule has 29 heavy (non-hydrogen) atoms. The van der Waals surface area contributed by atoms with E-state index in [-0.39, 0.29) is 23.7 Å². The first kappa shape index (κ1) is 24.1. The van der Waals surface area contributed by atoms with Crippen molar-refractivity contribution < 1.29 is 9.59 Å². The third-order valence-corrected chi connectivity index (χ3v) is 4.09. The fourth-order valence-corrected chi connectivity index (χ4v) is 2.66. The fraction of sp³-hybridized carbons (Fsp3) is 0.650. The Kier molecular flexibility index (Phi) is 11.1. The summed E-state index contributed by atoms with van der Waals surface area (Å²) in [5, 5.41) is 13.5. The highest BCUT2D eigenvalue weighted by atomic mass is 16.2. The van der Waals surface area contributed by atoms with E-state index >= 15 is 0 Å². The average Bonchev–Trinajstić information content (AvgIpc) is 2.68. The van der Waals surface area contributed by atoms with Gasteiger partial charge in [-0.3, -0.25) is 9.80 Å². The van der Waals surface area contributed by atoms with Gasteiger partial charge in [0.2, 0.25) is 11.7 Å². The molecule has 0 aromatic carbocycles. The molecule has 2 N–H and O–H groups in total. The van der Waals surface area contributed by atoms with Gasteiger partial charge in [-0.1, -0.05) is 27.2 Å². The van der Waals surface area contributed by atoms with Crippen LogP contribution in [0.3, 0.4) is 0 Å². The molecule has 0 unspecified atom stereocenters. The molecule has 1 rings (SSSR count). The number of amides is 3. The number of anilines is 1. The van der Waals surface area contributed by atoms with Gasteiger partial charge in [0, 0.05) is 45.4 Å². The van der Waals surface area contributed by atoms with Crippen LogP contribution in [0.2, 0.25) is 0 Å². The molecule has 0 aliphatic heterocycles. The van der Waals surface area contributed by atoms with Crippen LogP contribution in [0.15, 0.2) is 12.3 Å². The lowest BCUT2D eigenvalue weighted by Crippen LogP contribution is -2.51. The van der Waals surface area contributed by atoms with Crippen molar-refractivity contribution in [1.82, 2.24) is 25.6 Å². The molecule has 160 valence electrons. The van der Waals surface area contributed by atoms with Gasteiger partial charge in [0.25, 0.3) is 0 Å².